The molecular formula is C16H18ClN3O. The van der Waals surface area contributed by atoms with Gasteiger partial charge in [0, 0.05) is 24.5 Å². The third-order valence-electron chi connectivity index (χ3n) is 3.29. The largest absolute Gasteiger partial charge is 0.399 e. The van der Waals surface area contributed by atoms with Gasteiger partial charge in [0.15, 0.2) is 0 Å². The first kappa shape index (κ1) is 15.2. The maximum atomic E-state index is 11.2. The molecule has 0 atom stereocenters. The summed E-state index contributed by atoms with van der Waals surface area (Å²) >= 11 is 6.11. The van der Waals surface area contributed by atoms with Crippen LogP contribution in [0.3, 0.4) is 0 Å². The Bertz CT molecular complexity index is 658. The zero-order chi connectivity index (χ0) is 15.4. The topological polar surface area (TPSA) is 72.3 Å². The predicted octanol–water partition coefficient (Wildman–Crippen LogP) is 3.05. The molecule has 5 heteroatoms. The van der Waals surface area contributed by atoms with Crippen molar-refractivity contribution in [1.29, 1.82) is 0 Å². The number of benzene rings is 2. The quantitative estimate of drug-likeness (QED) is 0.834. The van der Waals surface area contributed by atoms with E-state index in [2.05, 4.69) is 11.8 Å². The number of nitrogens with zero attached hydrogens (tertiary/aromatic N) is 1. The minimum absolute atomic E-state index is 0.334. The van der Waals surface area contributed by atoms with Crippen molar-refractivity contribution >= 4 is 28.9 Å². The number of amides is 1. The summed E-state index contributed by atoms with van der Waals surface area (Å²) in [5.41, 5.74) is 14.2. The number of primary amides is 1. The van der Waals surface area contributed by atoms with E-state index in [4.69, 9.17) is 23.1 Å². The van der Waals surface area contributed by atoms with E-state index >= 15 is 0 Å². The molecule has 0 saturated heterocycles. The minimum Gasteiger partial charge on any atom is -0.399 e. The molecule has 1 amide bonds. The summed E-state index contributed by atoms with van der Waals surface area (Å²) in [5.74, 6) is -0.523. The lowest BCUT2D eigenvalue weighted by Gasteiger charge is -2.24. The highest BCUT2D eigenvalue weighted by molar-refractivity contribution is 6.34. The van der Waals surface area contributed by atoms with Crippen molar-refractivity contribution in [1.82, 2.24) is 0 Å². The van der Waals surface area contributed by atoms with Gasteiger partial charge in [-0.2, -0.15) is 0 Å². The van der Waals surface area contributed by atoms with Crippen molar-refractivity contribution in [3.8, 4) is 0 Å². The molecule has 0 aliphatic rings. The number of rotatable bonds is 5. The van der Waals surface area contributed by atoms with Gasteiger partial charge in [0.25, 0.3) is 0 Å². The molecule has 2 rings (SSSR count). The lowest BCUT2D eigenvalue weighted by molar-refractivity contribution is 0.100. The molecule has 0 fully saturated rings. The van der Waals surface area contributed by atoms with Gasteiger partial charge < -0.3 is 16.4 Å². The van der Waals surface area contributed by atoms with Crippen LogP contribution in [-0.2, 0) is 6.54 Å². The fraction of sp³-hybridized carbons (Fsp3) is 0.188. The molecule has 0 bridgehead atoms. The van der Waals surface area contributed by atoms with Gasteiger partial charge in [0.05, 0.1) is 10.6 Å². The second-order valence-corrected chi connectivity index (χ2v) is 5.19. The Balaban J connectivity index is 2.25. The fourth-order valence-electron chi connectivity index (χ4n) is 2.20. The van der Waals surface area contributed by atoms with Gasteiger partial charge in [-0.05, 0) is 42.8 Å². The summed E-state index contributed by atoms with van der Waals surface area (Å²) in [4.78, 5) is 13.4. The second-order valence-electron chi connectivity index (χ2n) is 4.79. The number of nitrogen functional groups attached to an aromatic ring is 1. The van der Waals surface area contributed by atoms with Crippen molar-refractivity contribution in [2.75, 3.05) is 17.2 Å². The Morgan fingerprint density at radius 1 is 1.24 bits per heavy atom. The average Bonchev–Trinajstić information content (AvgIpc) is 2.44. The standard InChI is InChI=1S/C16H18ClN3O/c1-2-20(10-11-4-3-5-12(18)8-11)13-6-7-14(16(19)21)15(17)9-13/h3-9H,2,10,18H2,1H3,(H2,19,21). The van der Waals surface area contributed by atoms with Gasteiger partial charge in [-0.25, -0.2) is 0 Å². The summed E-state index contributed by atoms with van der Waals surface area (Å²) in [6, 6.07) is 13.0. The van der Waals surface area contributed by atoms with Crippen LogP contribution in [0.1, 0.15) is 22.8 Å². The third kappa shape index (κ3) is 3.67. The summed E-state index contributed by atoms with van der Waals surface area (Å²) in [6.07, 6.45) is 0. The van der Waals surface area contributed by atoms with Crippen molar-refractivity contribution in [2.45, 2.75) is 13.5 Å². The van der Waals surface area contributed by atoms with Crippen LogP contribution in [0, 0.1) is 0 Å². The molecule has 0 radical (unpaired) electrons. The Hall–Kier alpha value is -2.20. The van der Waals surface area contributed by atoms with E-state index in [0.717, 1.165) is 23.5 Å². The van der Waals surface area contributed by atoms with E-state index in [1.165, 1.54) is 0 Å². The molecular weight excluding hydrogens is 286 g/mol. The first-order chi connectivity index (χ1) is 10.0. The number of carbonyl (C=O) groups is 1. The Labute approximate surface area is 129 Å². The summed E-state index contributed by atoms with van der Waals surface area (Å²) in [5, 5.41) is 0.367. The van der Waals surface area contributed by atoms with Gasteiger partial charge >= 0.3 is 0 Å². The van der Waals surface area contributed by atoms with E-state index in [1.807, 2.05) is 30.3 Å². The number of carbonyl (C=O) groups excluding carboxylic acids is 1. The zero-order valence-electron chi connectivity index (χ0n) is 11.8. The van der Waals surface area contributed by atoms with E-state index < -0.39 is 5.91 Å². The molecule has 0 spiro atoms. The van der Waals surface area contributed by atoms with Crippen LogP contribution in [0.2, 0.25) is 5.02 Å². The van der Waals surface area contributed by atoms with Crippen LogP contribution in [0.25, 0.3) is 0 Å². The monoisotopic (exact) mass is 303 g/mol. The fourth-order valence-corrected chi connectivity index (χ4v) is 2.47. The lowest BCUT2D eigenvalue weighted by atomic mass is 10.1. The number of halogens is 1. The van der Waals surface area contributed by atoms with Crippen molar-refractivity contribution < 1.29 is 4.79 Å². The van der Waals surface area contributed by atoms with Crippen LogP contribution in [-0.4, -0.2) is 12.5 Å². The van der Waals surface area contributed by atoms with E-state index in [9.17, 15) is 4.79 Å². The molecule has 0 saturated carbocycles. The number of nitrogens with two attached hydrogens (primary N) is 2. The van der Waals surface area contributed by atoms with Gasteiger partial charge in [-0.1, -0.05) is 23.7 Å². The van der Waals surface area contributed by atoms with Crippen LogP contribution in [0.15, 0.2) is 42.5 Å². The minimum atomic E-state index is -0.523. The molecule has 4 N–H and O–H groups in total. The summed E-state index contributed by atoms with van der Waals surface area (Å²) < 4.78 is 0. The molecule has 4 nitrogen and oxygen atoms in total. The van der Waals surface area contributed by atoms with Crippen molar-refractivity contribution in [2.24, 2.45) is 5.73 Å². The van der Waals surface area contributed by atoms with Crippen LogP contribution in [0.5, 0.6) is 0 Å². The summed E-state index contributed by atoms with van der Waals surface area (Å²) in [7, 11) is 0. The molecule has 110 valence electrons. The number of hydrogen-bond donors (Lipinski definition) is 2. The maximum Gasteiger partial charge on any atom is 0.250 e. The number of anilines is 2. The molecule has 0 unspecified atom stereocenters. The van der Waals surface area contributed by atoms with Crippen LogP contribution in [0.4, 0.5) is 11.4 Å². The second kappa shape index (κ2) is 6.50. The average molecular weight is 304 g/mol. The molecule has 0 aliphatic heterocycles. The van der Waals surface area contributed by atoms with Gasteiger partial charge in [0.1, 0.15) is 0 Å². The van der Waals surface area contributed by atoms with Gasteiger partial charge in [-0.3, -0.25) is 4.79 Å². The smallest absolute Gasteiger partial charge is 0.250 e. The number of hydrogen-bond acceptors (Lipinski definition) is 3. The lowest BCUT2D eigenvalue weighted by Crippen LogP contribution is -2.22. The van der Waals surface area contributed by atoms with Gasteiger partial charge in [0.2, 0.25) is 5.91 Å². The highest BCUT2D eigenvalue weighted by atomic mass is 35.5. The van der Waals surface area contributed by atoms with Crippen molar-refractivity contribution in [3.05, 3.63) is 58.6 Å². The van der Waals surface area contributed by atoms with E-state index in [0.29, 0.717) is 17.1 Å². The first-order valence-corrected chi connectivity index (χ1v) is 7.07. The SMILES string of the molecule is CCN(Cc1cccc(N)c1)c1ccc(C(N)=O)c(Cl)c1. The predicted molar refractivity (Wildman–Crippen MR) is 87.5 cm³/mol. The Morgan fingerprint density at radius 2 is 2.00 bits per heavy atom. The normalized spacial score (nSPS) is 10.4. The molecule has 0 heterocycles. The Morgan fingerprint density at radius 3 is 2.57 bits per heavy atom. The maximum absolute atomic E-state index is 11.2. The third-order valence-corrected chi connectivity index (χ3v) is 3.60. The molecule has 2 aromatic carbocycles. The molecule has 21 heavy (non-hydrogen) atoms. The van der Waals surface area contributed by atoms with Crippen LogP contribution >= 0.6 is 11.6 Å². The highest BCUT2D eigenvalue weighted by Gasteiger charge is 2.11. The summed E-state index contributed by atoms with van der Waals surface area (Å²) in [6.45, 7) is 3.58. The Kier molecular flexibility index (Phi) is 4.70. The highest BCUT2D eigenvalue weighted by Crippen LogP contribution is 2.25. The van der Waals surface area contributed by atoms with Gasteiger partial charge in [-0.15, -0.1) is 0 Å². The van der Waals surface area contributed by atoms with Crippen LogP contribution < -0.4 is 16.4 Å². The first-order valence-electron chi connectivity index (χ1n) is 6.70. The van der Waals surface area contributed by atoms with Crippen molar-refractivity contribution in [3.63, 3.8) is 0 Å². The molecule has 0 aromatic heterocycles. The van der Waals surface area contributed by atoms with E-state index in [-0.39, 0.29) is 0 Å². The molecule has 2 aromatic rings. The zero-order valence-corrected chi connectivity index (χ0v) is 12.6. The van der Waals surface area contributed by atoms with E-state index in [1.54, 1.807) is 12.1 Å². The molecule has 0 aliphatic carbocycles.